The molecule has 0 aromatic rings. The van der Waals surface area contributed by atoms with Crippen molar-refractivity contribution in [2.24, 2.45) is 5.92 Å². The van der Waals surface area contributed by atoms with Crippen molar-refractivity contribution in [1.29, 1.82) is 0 Å². The fraction of sp³-hybridized carbons (Fsp3) is 1.00. The lowest BCUT2D eigenvalue weighted by atomic mass is 10.4. The van der Waals surface area contributed by atoms with Crippen molar-refractivity contribution in [2.75, 3.05) is 19.6 Å². The summed E-state index contributed by atoms with van der Waals surface area (Å²) in [7, 11) is 0. The molecule has 0 amide bonds. The van der Waals surface area contributed by atoms with Crippen molar-refractivity contribution in [3.63, 3.8) is 0 Å². The molecule has 2 atom stereocenters. The molecule has 78 valence electrons. The molecule has 0 spiro atoms. The number of alkyl halides is 3. The van der Waals surface area contributed by atoms with E-state index in [0.29, 0.717) is 25.0 Å². The highest BCUT2D eigenvalue weighted by molar-refractivity contribution is 4.89. The highest BCUT2D eigenvalue weighted by Gasteiger charge is 2.31. The Hall–Kier alpha value is -0.290. The molecule has 0 aromatic carbocycles. The zero-order chi connectivity index (χ0) is 9.90. The van der Waals surface area contributed by atoms with Crippen molar-refractivity contribution in [3.8, 4) is 0 Å². The van der Waals surface area contributed by atoms with E-state index in [1.165, 1.54) is 0 Å². The van der Waals surface area contributed by atoms with Gasteiger partial charge in [-0.3, -0.25) is 0 Å². The van der Waals surface area contributed by atoms with Crippen LogP contribution in [0, 0.1) is 5.92 Å². The molecule has 0 bridgehead atoms. The lowest BCUT2D eigenvalue weighted by Gasteiger charge is -2.08. The second kappa shape index (κ2) is 4.28. The molecule has 2 unspecified atom stereocenters. The summed E-state index contributed by atoms with van der Waals surface area (Å²) in [6, 6.07) is 0.535. The van der Waals surface area contributed by atoms with E-state index in [0.717, 1.165) is 6.42 Å². The van der Waals surface area contributed by atoms with Crippen LogP contribution in [-0.4, -0.2) is 31.9 Å². The second-order valence-corrected chi connectivity index (χ2v) is 3.57. The Morgan fingerprint density at radius 3 is 2.38 bits per heavy atom. The van der Waals surface area contributed by atoms with Crippen LogP contribution >= 0.6 is 0 Å². The number of hydrogen-bond donors (Lipinski definition) is 2. The number of hydrogen-bond acceptors (Lipinski definition) is 2. The molecule has 0 radical (unpaired) electrons. The van der Waals surface area contributed by atoms with Gasteiger partial charge in [0, 0.05) is 19.1 Å². The Bertz CT molecular complexity index is 158. The molecule has 1 rings (SSSR count). The normalized spacial score (nSPS) is 27.7. The van der Waals surface area contributed by atoms with E-state index in [1.54, 1.807) is 0 Å². The molecule has 0 aliphatic heterocycles. The monoisotopic (exact) mass is 196 g/mol. The Morgan fingerprint density at radius 1 is 1.31 bits per heavy atom. The predicted molar refractivity (Wildman–Crippen MR) is 44.5 cm³/mol. The highest BCUT2D eigenvalue weighted by Crippen LogP contribution is 2.28. The minimum atomic E-state index is -4.09. The van der Waals surface area contributed by atoms with E-state index in [-0.39, 0.29) is 0 Å². The highest BCUT2D eigenvalue weighted by atomic mass is 19.4. The largest absolute Gasteiger partial charge is 0.401 e. The fourth-order valence-electron chi connectivity index (χ4n) is 1.18. The predicted octanol–water partition coefficient (Wildman–Crippen LogP) is 1.14. The molecule has 2 N–H and O–H groups in total. The van der Waals surface area contributed by atoms with Gasteiger partial charge in [-0.25, -0.2) is 0 Å². The molecule has 5 heteroatoms. The van der Waals surface area contributed by atoms with Gasteiger partial charge in [-0.15, -0.1) is 0 Å². The summed E-state index contributed by atoms with van der Waals surface area (Å²) in [6.45, 7) is 2.23. The lowest BCUT2D eigenvalue weighted by Crippen LogP contribution is -2.35. The molecule has 1 fully saturated rings. The van der Waals surface area contributed by atoms with Crippen molar-refractivity contribution in [3.05, 3.63) is 0 Å². The second-order valence-electron chi connectivity index (χ2n) is 3.57. The maximum atomic E-state index is 11.6. The summed E-state index contributed by atoms with van der Waals surface area (Å²) in [5.74, 6) is 0.697. The topological polar surface area (TPSA) is 24.1 Å². The Balaban J connectivity index is 1.84. The van der Waals surface area contributed by atoms with E-state index in [4.69, 9.17) is 0 Å². The maximum absolute atomic E-state index is 11.6. The Morgan fingerprint density at radius 2 is 1.92 bits per heavy atom. The summed E-state index contributed by atoms with van der Waals surface area (Å²) in [6.07, 6.45) is -2.94. The standard InChI is InChI=1S/C8H15F3N2/c1-6-4-7(6)13-3-2-12-5-8(9,10)11/h6-7,12-13H,2-5H2,1H3. The quantitative estimate of drug-likeness (QED) is 0.644. The van der Waals surface area contributed by atoms with E-state index >= 15 is 0 Å². The Kier molecular flexibility index (Phi) is 3.55. The molecule has 13 heavy (non-hydrogen) atoms. The first kappa shape index (κ1) is 10.8. The van der Waals surface area contributed by atoms with Crippen LogP contribution in [0.4, 0.5) is 13.2 Å². The average Bonchev–Trinajstić information content (AvgIpc) is 2.63. The van der Waals surface area contributed by atoms with Gasteiger partial charge in [-0.05, 0) is 12.3 Å². The molecule has 1 saturated carbocycles. The summed E-state index contributed by atoms with van der Waals surface area (Å²) < 4.78 is 34.9. The van der Waals surface area contributed by atoms with Gasteiger partial charge in [0.25, 0.3) is 0 Å². The summed E-state index contributed by atoms with van der Waals surface area (Å²) in [5.41, 5.74) is 0. The lowest BCUT2D eigenvalue weighted by molar-refractivity contribution is -0.124. The first-order chi connectivity index (χ1) is 5.99. The zero-order valence-corrected chi connectivity index (χ0v) is 7.62. The van der Waals surface area contributed by atoms with Crippen LogP contribution in [0.5, 0.6) is 0 Å². The molecular weight excluding hydrogens is 181 g/mol. The summed E-state index contributed by atoms with van der Waals surface area (Å²) >= 11 is 0. The molecular formula is C8H15F3N2. The smallest absolute Gasteiger partial charge is 0.312 e. The van der Waals surface area contributed by atoms with Crippen LogP contribution in [0.15, 0.2) is 0 Å². The zero-order valence-electron chi connectivity index (χ0n) is 7.62. The van der Waals surface area contributed by atoms with Gasteiger partial charge in [0.1, 0.15) is 0 Å². The molecule has 1 aliphatic rings. The third kappa shape index (κ3) is 5.10. The Labute approximate surface area is 75.9 Å². The van der Waals surface area contributed by atoms with E-state index in [1.807, 2.05) is 0 Å². The van der Waals surface area contributed by atoms with Crippen molar-refractivity contribution >= 4 is 0 Å². The number of rotatable bonds is 5. The molecule has 1 aliphatic carbocycles. The van der Waals surface area contributed by atoms with Crippen LogP contribution in [0.3, 0.4) is 0 Å². The molecule has 0 saturated heterocycles. The van der Waals surface area contributed by atoms with Gasteiger partial charge in [-0.1, -0.05) is 6.92 Å². The van der Waals surface area contributed by atoms with Gasteiger partial charge in [0.2, 0.25) is 0 Å². The molecule has 0 heterocycles. The van der Waals surface area contributed by atoms with Crippen molar-refractivity contribution in [1.82, 2.24) is 10.6 Å². The van der Waals surface area contributed by atoms with E-state index in [9.17, 15) is 13.2 Å². The maximum Gasteiger partial charge on any atom is 0.401 e. The van der Waals surface area contributed by atoms with Gasteiger partial charge >= 0.3 is 6.18 Å². The van der Waals surface area contributed by atoms with Gasteiger partial charge < -0.3 is 10.6 Å². The van der Waals surface area contributed by atoms with Crippen LogP contribution in [0.25, 0.3) is 0 Å². The van der Waals surface area contributed by atoms with Crippen LogP contribution in [0.1, 0.15) is 13.3 Å². The van der Waals surface area contributed by atoms with Crippen LogP contribution in [0.2, 0.25) is 0 Å². The van der Waals surface area contributed by atoms with Gasteiger partial charge in [0.15, 0.2) is 0 Å². The van der Waals surface area contributed by atoms with Crippen molar-refractivity contribution < 1.29 is 13.2 Å². The van der Waals surface area contributed by atoms with Crippen molar-refractivity contribution in [2.45, 2.75) is 25.6 Å². The minimum Gasteiger partial charge on any atom is -0.312 e. The van der Waals surface area contributed by atoms with Crippen LogP contribution < -0.4 is 10.6 Å². The fourth-order valence-corrected chi connectivity index (χ4v) is 1.18. The first-order valence-electron chi connectivity index (χ1n) is 4.50. The van der Waals surface area contributed by atoms with E-state index < -0.39 is 12.7 Å². The summed E-state index contributed by atoms with van der Waals surface area (Å²) in [5, 5.41) is 5.50. The van der Waals surface area contributed by atoms with E-state index in [2.05, 4.69) is 17.6 Å². The van der Waals surface area contributed by atoms with Gasteiger partial charge in [-0.2, -0.15) is 13.2 Å². The minimum absolute atomic E-state index is 0.378. The van der Waals surface area contributed by atoms with Crippen LogP contribution in [-0.2, 0) is 0 Å². The molecule has 2 nitrogen and oxygen atoms in total. The number of halogens is 3. The SMILES string of the molecule is CC1CC1NCCNCC(F)(F)F. The average molecular weight is 196 g/mol. The first-order valence-corrected chi connectivity index (χ1v) is 4.50. The molecule has 0 aromatic heterocycles. The third-order valence-electron chi connectivity index (χ3n) is 2.14. The van der Waals surface area contributed by atoms with Gasteiger partial charge in [0.05, 0.1) is 6.54 Å². The summed E-state index contributed by atoms with van der Waals surface area (Å²) in [4.78, 5) is 0. The third-order valence-corrected chi connectivity index (χ3v) is 2.14. The number of nitrogens with one attached hydrogen (secondary N) is 2.